The highest BCUT2D eigenvalue weighted by Crippen LogP contribution is 2.19. The van der Waals surface area contributed by atoms with Crippen LogP contribution in [0.1, 0.15) is 32.0 Å². The lowest BCUT2D eigenvalue weighted by Gasteiger charge is -2.28. The van der Waals surface area contributed by atoms with Gasteiger partial charge in [0.05, 0.1) is 17.6 Å². The molecule has 0 fully saturated rings. The third-order valence-corrected chi connectivity index (χ3v) is 4.15. The van der Waals surface area contributed by atoms with E-state index in [2.05, 4.69) is 54.5 Å². The van der Waals surface area contributed by atoms with E-state index >= 15 is 0 Å². The molecule has 0 aliphatic carbocycles. The summed E-state index contributed by atoms with van der Waals surface area (Å²) in [5, 5.41) is 3.20. The highest BCUT2D eigenvalue weighted by Gasteiger charge is 2.13. The molecule has 102 valence electrons. The predicted octanol–water partition coefficient (Wildman–Crippen LogP) is 2.94. The number of aromatic nitrogens is 1. The Bertz CT molecular complexity index is 339. The molecule has 1 aromatic rings. The van der Waals surface area contributed by atoms with Gasteiger partial charge in [-0.25, -0.2) is 0 Å². The molecule has 0 saturated carbocycles. The van der Waals surface area contributed by atoms with Crippen LogP contribution in [0.4, 0.5) is 5.69 Å². The summed E-state index contributed by atoms with van der Waals surface area (Å²) in [7, 11) is 4.11. The number of pyridine rings is 1. The van der Waals surface area contributed by atoms with Crippen LogP contribution in [0.3, 0.4) is 0 Å². The van der Waals surface area contributed by atoms with Crippen molar-refractivity contribution in [2.75, 3.05) is 31.0 Å². The average molecular weight is 267 g/mol. The highest BCUT2D eigenvalue weighted by molar-refractivity contribution is 7.98. The lowest BCUT2D eigenvalue weighted by atomic mass is 10.2. The molecule has 2 atom stereocenters. The maximum absolute atomic E-state index is 4.54. The van der Waals surface area contributed by atoms with Gasteiger partial charge in [-0.3, -0.25) is 4.98 Å². The number of thioether (sulfide) groups is 1. The molecule has 18 heavy (non-hydrogen) atoms. The first-order valence-corrected chi connectivity index (χ1v) is 7.88. The van der Waals surface area contributed by atoms with E-state index in [1.807, 2.05) is 25.0 Å². The Morgan fingerprint density at radius 2 is 2.17 bits per heavy atom. The molecular weight excluding hydrogens is 242 g/mol. The zero-order valence-corrected chi connectivity index (χ0v) is 12.9. The van der Waals surface area contributed by atoms with Crippen LogP contribution >= 0.6 is 11.8 Å². The van der Waals surface area contributed by atoms with Crippen molar-refractivity contribution in [3.05, 3.63) is 24.0 Å². The molecule has 1 rings (SSSR count). The molecular formula is C14H25N3S. The van der Waals surface area contributed by atoms with Gasteiger partial charge < -0.3 is 10.2 Å². The Labute approximate surface area is 115 Å². The molecule has 0 spiro atoms. The molecule has 2 unspecified atom stereocenters. The van der Waals surface area contributed by atoms with Gasteiger partial charge in [-0.15, -0.1) is 0 Å². The van der Waals surface area contributed by atoms with Crippen molar-refractivity contribution in [3.8, 4) is 0 Å². The largest absolute Gasteiger partial charge is 0.370 e. The second-order valence-electron chi connectivity index (χ2n) is 4.58. The molecule has 0 aliphatic heterocycles. The first-order valence-electron chi connectivity index (χ1n) is 6.49. The van der Waals surface area contributed by atoms with Crippen molar-refractivity contribution in [2.24, 2.45) is 0 Å². The van der Waals surface area contributed by atoms with Gasteiger partial charge in [0.1, 0.15) is 0 Å². The fourth-order valence-electron chi connectivity index (χ4n) is 1.92. The monoisotopic (exact) mass is 267 g/mol. The van der Waals surface area contributed by atoms with Crippen LogP contribution < -0.4 is 10.2 Å². The van der Waals surface area contributed by atoms with Crippen molar-refractivity contribution >= 4 is 17.4 Å². The van der Waals surface area contributed by atoms with Crippen molar-refractivity contribution in [1.82, 2.24) is 10.3 Å². The normalized spacial score (nSPS) is 14.3. The number of nitrogens with zero attached hydrogens (tertiary/aromatic N) is 2. The topological polar surface area (TPSA) is 28.2 Å². The van der Waals surface area contributed by atoms with Crippen molar-refractivity contribution < 1.29 is 0 Å². The first-order chi connectivity index (χ1) is 8.63. The lowest BCUT2D eigenvalue weighted by Crippen LogP contribution is -2.33. The zero-order valence-electron chi connectivity index (χ0n) is 12.1. The van der Waals surface area contributed by atoms with E-state index in [1.54, 1.807) is 0 Å². The number of anilines is 1. The Morgan fingerprint density at radius 1 is 1.44 bits per heavy atom. The van der Waals surface area contributed by atoms with Crippen LogP contribution in [0.25, 0.3) is 0 Å². The van der Waals surface area contributed by atoms with Crippen molar-refractivity contribution in [1.29, 1.82) is 0 Å². The van der Waals surface area contributed by atoms with Crippen LogP contribution in [0.2, 0.25) is 0 Å². The average Bonchev–Trinajstić information content (AvgIpc) is 2.43. The second-order valence-corrected chi connectivity index (χ2v) is 5.49. The molecule has 0 aromatic carbocycles. The van der Waals surface area contributed by atoms with Crippen molar-refractivity contribution in [2.45, 2.75) is 32.4 Å². The third kappa shape index (κ3) is 3.89. The molecule has 0 aliphatic rings. The Balaban J connectivity index is 2.77. The lowest BCUT2D eigenvalue weighted by molar-refractivity contribution is 0.630. The number of hydrogen-bond acceptors (Lipinski definition) is 4. The van der Waals surface area contributed by atoms with E-state index in [1.165, 1.54) is 5.69 Å². The Kier molecular flexibility index (Phi) is 6.50. The fraction of sp³-hybridized carbons (Fsp3) is 0.643. The molecule has 0 radical (unpaired) electrons. The zero-order chi connectivity index (χ0) is 13.5. The quantitative estimate of drug-likeness (QED) is 0.822. The van der Waals surface area contributed by atoms with Gasteiger partial charge in [0.25, 0.3) is 0 Å². The maximum Gasteiger partial charge on any atom is 0.0571 e. The molecule has 4 heteroatoms. The van der Waals surface area contributed by atoms with Crippen LogP contribution in [0.15, 0.2) is 18.3 Å². The molecule has 1 aromatic heterocycles. The number of rotatable bonds is 7. The van der Waals surface area contributed by atoms with E-state index in [9.17, 15) is 0 Å². The van der Waals surface area contributed by atoms with Gasteiger partial charge in [0.2, 0.25) is 0 Å². The summed E-state index contributed by atoms with van der Waals surface area (Å²) in [4.78, 5) is 6.87. The predicted molar refractivity (Wildman–Crippen MR) is 82.6 cm³/mol. The van der Waals surface area contributed by atoms with E-state index in [0.29, 0.717) is 12.1 Å². The standard InChI is InChI=1S/C14H25N3S/c1-6-12(10-18-5)17(4)13-7-8-14(16-9-13)11(2)15-3/h7-9,11-12,15H,6,10H2,1-5H3. The summed E-state index contributed by atoms with van der Waals surface area (Å²) in [6.07, 6.45) is 5.30. The summed E-state index contributed by atoms with van der Waals surface area (Å²) in [6.45, 7) is 4.36. The van der Waals surface area contributed by atoms with Crippen LogP contribution in [0, 0.1) is 0 Å². The highest BCUT2D eigenvalue weighted by atomic mass is 32.2. The molecule has 0 saturated heterocycles. The SMILES string of the molecule is CCC(CSC)N(C)c1ccc(C(C)NC)nc1. The van der Waals surface area contributed by atoms with Crippen LogP contribution in [-0.2, 0) is 0 Å². The van der Waals surface area contributed by atoms with Gasteiger partial charge in [0.15, 0.2) is 0 Å². The minimum Gasteiger partial charge on any atom is -0.370 e. The number of hydrogen-bond donors (Lipinski definition) is 1. The molecule has 1 heterocycles. The van der Waals surface area contributed by atoms with Gasteiger partial charge in [-0.1, -0.05) is 6.92 Å². The third-order valence-electron chi connectivity index (χ3n) is 3.43. The van der Waals surface area contributed by atoms with Gasteiger partial charge in [-0.2, -0.15) is 11.8 Å². The fourth-order valence-corrected chi connectivity index (χ4v) is 2.76. The Hall–Kier alpha value is -0.740. The maximum atomic E-state index is 4.54. The summed E-state index contributed by atoms with van der Waals surface area (Å²) < 4.78 is 0. The van der Waals surface area contributed by atoms with Crippen molar-refractivity contribution in [3.63, 3.8) is 0 Å². The minimum absolute atomic E-state index is 0.303. The summed E-state index contributed by atoms with van der Waals surface area (Å²) in [5.41, 5.74) is 2.29. The van der Waals surface area contributed by atoms with Gasteiger partial charge >= 0.3 is 0 Å². The van der Waals surface area contributed by atoms with Crippen LogP contribution in [0.5, 0.6) is 0 Å². The van der Waals surface area contributed by atoms with E-state index in [4.69, 9.17) is 0 Å². The minimum atomic E-state index is 0.303. The molecule has 3 nitrogen and oxygen atoms in total. The summed E-state index contributed by atoms with van der Waals surface area (Å²) in [6, 6.07) is 5.16. The Morgan fingerprint density at radius 3 is 2.61 bits per heavy atom. The van der Waals surface area contributed by atoms with Crippen LogP contribution in [-0.4, -0.2) is 37.1 Å². The van der Waals surface area contributed by atoms with E-state index in [0.717, 1.165) is 17.9 Å². The number of nitrogens with one attached hydrogen (secondary N) is 1. The smallest absolute Gasteiger partial charge is 0.0571 e. The molecule has 1 N–H and O–H groups in total. The summed E-state index contributed by atoms with van der Waals surface area (Å²) in [5.74, 6) is 1.15. The van der Waals surface area contributed by atoms with Gasteiger partial charge in [-0.05, 0) is 38.8 Å². The molecule has 0 amide bonds. The van der Waals surface area contributed by atoms with Gasteiger partial charge in [0, 0.05) is 24.9 Å². The van der Waals surface area contributed by atoms with E-state index in [-0.39, 0.29) is 0 Å². The van der Waals surface area contributed by atoms with E-state index < -0.39 is 0 Å². The molecule has 0 bridgehead atoms. The first kappa shape index (κ1) is 15.3. The second kappa shape index (κ2) is 7.64. The summed E-state index contributed by atoms with van der Waals surface area (Å²) >= 11 is 1.90.